The molecule has 2 heterocycles. The van der Waals surface area contributed by atoms with Gasteiger partial charge in [0, 0.05) is 38.1 Å². The van der Waals surface area contributed by atoms with Crippen molar-refractivity contribution in [3.63, 3.8) is 0 Å². The van der Waals surface area contributed by atoms with E-state index >= 15 is 0 Å². The van der Waals surface area contributed by atoms with Gasteiger partial charge in [0.15, 0.2) is 5.82 Å². The summed E-state index contributed by atoms with van der Waals surface area (Å²) in [7, 11) is 0. The molecule has 1 fully saturated rings. The quantitative estimate of drug-likeness (QED) is 0.894. The Morgan fingerprint density at radius 2 is 2.32 bits per heavy atom. The van der Waals surface area contributed by atoms with Crippen molar-refractivity contribution >= 4 is 5.82 Å². The fourth-order valence-corrected chi connectivity index (χ4v) is 2.71. The smallest absolute Gasteiger partial charge is 0.293 e. The normalized spacial score (nSPS) is 20.0. The average molecular weight is 265 g/mol. The van der Waals surface area contributed by atoms with Gasteiger partial charge in [0.05, 0.1) is 0 Å². The van der Waals surface area contributed by atoms with Crippen molar-refractivity contribution in [2.45, 2.75) is 39.2 Å². The van der Waals surface area contributed by atoms with Crippen molar-refractivity contribution in [3.8, 4) is 0 Å². The predicted octanol–water partition coefficient (Wildman–Crippen LogP) is 1.42. The van der Waals surface area contributed by atoms with Crippen LogP contribution in [0.25, 0.3) is 0 Å². The summed E-state index contributed by atoms with van der Waals surface area (Å²) in [6, 6.07) is 0.146. The minimum atomic E-state index is -0.0119. The second-order valence-corrected chi connectivity index (χ2v) is 5.52. The summed E-state index contributed by atoms with van der Waals surface area (Å²) in [5.41, 5.74) is -0.0119. The molecule has 1 N–H and O–H groups in total. The first kappa shape index (κ1) is 14.1. The number of rotatable bonds is 4. The molecule has 0 bridgehead atoms. The van der Waals surface area contributed by atoms with Gasteiger partial charge in [-0.1, -0.05) is 0 Å². The Bertz CT molecular complexity index is 468. The van der Waals surface area contributed by atoms with Crippen LogP contribution in [0.5, 0.6) is 0 Å². The molecule has 1 aliphatic heterocycles. The van der Waals surface area contributed by atoms with Gasteiger partial charge in [-0.2, -0.15) is 0 Å². The van der Waals surface area contributed by atoms with Crippen LogP contribution in [0, 0.1) is 5.92 Å². The van der Waals surface area contributed by atoms with Crippen LogP contribution >= 0.6 is 0 Å². The topological polar surface area (TPSA) is 58.4 Å². The van der Waals surface area contributed by atoms with Gasteiger partial charge in [0.1, 0.15) is 0 Å². The Kier molecular flexibility index (Phi) is 4.58. The molecule has 1 aromatic heterocycles. The van der Waals surface area contributed by atoms with Crippen molar-refractivity contribution in [1.82, 2.24) is 9.55 Å². The highest BCUT2D eigenvalue weighted by atomic mass is 16.3. The van der Waals surface area contributed by atoms with E-state index in [1.165, 1.54) is 0 Å². The Morgan fingerprint density at radius 1 is 1.53 bits per heavy atom. The van der Waals surface area contributed by atoms with E-state index in [1.807, 2.05) is 13.8 Å². The van der Waals surface area contributed by atoms with Gasteiger partial charge < -0.3 is 14.6 Å². The van der Waals surface area contributed by atoms with Gasteiger partial charge in [-0.15, -0.1) is 0 Å². The lowest BCUT2D eigenvalue weighted by Gasteiger charge is -2.33. The monoisotopic (exact) mass is 265 g/mol. The number of aliphatic hydroxyl groups excluding tert-OH is 1. The predicted molar refractivity (Wildman–Crippen MR) is 75.5 cm³/mol. The number of anilines is 1. The highest BCUT2D eigenvalue weighted by molar-refractivity contribution is 5.36. The van der Waals surface area contributed by atoms with E-state index in [0.29, 0.717) is 11.7 Å². The number of piperidine rings is 1. The van der Waals surface area contributed by atoms with E-state index < -0.39 is 0 Å². The van der Waals surface area contributed by atoms with Crippen molar-refractivity contribution in [1.29, 1.82) is 0 Å². The van der Waals surface area contributed by atoms with Crippen LogP contribution in [0.15, 0.2) is 17.2 Å². The largest absolute Gasteiger partial charge is 0.396 e. The average Bonchev–Trinajstić information content (AvgIpc) is 2.39. The molecule has 1 unspecified atom stereocenters. The lowest BCUT2D eigenvalue weighted by molar-refractivity contribution is 0.244. The molecule has 0 amide bonds. The van der Waals surface area contributed by atoms with Gasteiger partial charge >= 0.3 is 0 Å². The SMILES string of the molecule is CC(C)n1ccnc(N2CCCC(CCO)C2)c1=O. The highest BCUT2D eigenvalue weighted by Crippen LogP contribution is 2.21. The molecule has 0 saturated carbocycles. The van der Waals surface area contributed by atoms with Crippen molar-refractivity contribution < 1.29 is 5.11 Å². The van der Waals surface area contributed by atoms with Gasteiger partial charge in [0.2, 0.25) is 0 Å². The van der Waals surface area contributed by atoms with Gasteiger partial charge in [-0.05, 0) is 39.0 Å². The molecule has 1 atom stereocenters. The Hall–Kier alpha value is -1.36. The molecular formula is C14H23N3O2. The molecule has 0 spiro atoms. The number of hydrogen-bond acceptors (Lipinski definition) is 4. The number of nitrogens with zero attached hydrogens (tertiary/aromatic N) is 3. The zero-order valence-corrected chi connectivity index (χ0v) is 11.7. The van der Waals surface area contributed by atoms with Gasteiger partial charge in [0.25, 0.3) is 5.56 Å². The summed E-state index contributed by atoms with van der Waals surface area (Å²) >= 11 is 0. The van der Waals surface area contributed by atoms with Crippen LogP contribution in [0.4, 0.5) is 5.82 Å². The van der Waals surface area contributed by atoms with Gasteiger partial charge in [-0.3, -0.25) is 4.79 Å². The molecule has 0 aliphatic carbocycles. The zero-order valence-electron chi connectivity index (χ0n) is 11.7. The Balaban J connectivity index is 2.22. The van der Waals surface area contributed by atoms with E-state index in [9.17, 15) is 4.79 Å². The molecular weight excluding hydrogens is 242 g/mol. The Labute approximate surface area is 113 Å². The molecule has 106 valence electrons. The second-order valence-electron chi connectivity index (χ2n) is 5.52. The minimum Gasteiger partial charge on any atom is -0.396 e. The molecule has 19 heavy (non-hydrogen) atoms. The van der Waals surface area contributed by atoms with Crippen LogP contribution in [-0.4, -0.2) is 34.4 Å². The summed E-state index contributed by atoms with van der Waals surface area (Å²) in [4.78, 5) is 18.7. The van der Waals surface area contributed by atoms with Crippen LogP contribution in [-0.2, 0) is 0 Å². The maximum Gasteiger partial charge on any atom is 0.293 e. The summed E-state index contributed by atoms with van der Waals surface area (Å²) in [6.45, 7) is 5.92. The van der Waals surface area contributed by atoms with E-state index in [-0.39, 0.29) is 18.2 Å². The summed E-state index contributed by atoms with van der Waals surface area (Å²) in [6.07, 6.45) is 6.43. The van der Waals surface area contributed by atoms with E-state index in [2.05, 4.69) is 9.88 Å². The molecule has 0 radical (unpaired) electrons. The van der Waals surface area contributed by atoms with Gasteiger partial charge in [-0.25, -0.2) is 4.98 Å². The zero-order chi connectivity index (χ0) is 13.8. The molecule has 1 aromatic rings. The van der Waals surface area contributed by atoms with E-state index in [1.54, 1.807) is 17.0 Å². The van der Waals surface area contributed by atoms with Crippen LogP contribution in [0.3, 0.4) is 0 Å². The maximum atomic E-state index is 12.4. The Morgan fingerprint density at radius 3 is 3.00 bits per heavy atom. The van der Waals surface area contributed by atoms with Crippen LogP contribution < -0.4 is 10.5 Å². The van der Waals surface area contributed by atoms with E-state index in [4.69, 9.17) is 5.11 Å². The first-order chi connectivity index (χ1) is 9.13. The van der Waals surface area contributed by atoms with E-state index in [0.717, 1.165) is 32.4 Å². The fourth-order valence-electron chi connectivity index (χ4n) is 2.71. The minimum absolute atomic E-state index is 0.0119. The first-order valence-corrected chi connectivity index (χ1v) is 7.06. The third kappa shape index (κ3) is 3.15. The molecule has 1 aliphatic rings. The van der Waals surface area contributed by atoms with Crippen molar-refractivity contribution in [2.75, 3.05) is 24.6 Å². The third-order valence-corrected chi connectivity index (χ3v) is 3.76. The van der Waals surface area contributed by atoms with Crippen LogP contribution in [0.1, 0.15) is 39.2 Å². The lowest BCUT2D eigenvalue weighted by Crippen LogP contribution is -2.40. The highest BCUT2D eigenvalue weighted by Gasteiger charge is 2.23. The van der Waals surface area contributed by atoms with Crippen LogP contribution in [0.2, 0.25) is 0 Å². The maximum absolute atomic E-state index is 12.4. The second kappa shape index (κ2) is 6.19. The number of aliphatic hydroxyl groups is 1. The fraction of sp³-hybridized carbons (Fsp3) is 0.714. The first-order valence-electron chi connectivity index (χ1n) is 7.06. The lowest BCUT2D eigenvalue weighted by atomic mass is 9.95. The van der Waals surface area contributed by atoms with Crippen molar-refractivity contribution in [3.05, 3.63) is 22.7 Å². The van der Waals surface area contributed by atoms with Crippen molar-refractivity contribution in [2.24, 2.45) is 5.92 Å². The molecule has 2 rings (SSSR count). The summed E-state index contributed by atoms with van der Waals surface area (Å²) in [5.74, 6) is 1.02. The standard InChI is InChI=1S/C14H23N3O2/c1-11(2)17-8-6-15-13(14(17)19)16-7-3-4-12(10-16)5-9-18/h6,8,11-12,18H,3-5,7,9-10H2,1-2H3. The summed E-state index contributed by atoms with van der Waals surface area (Å²) in [5, 5.41) is 9.05. The molecule has 1 saturated heterocycles. The number of hydrogen-bond donors (Lipinski definition) is 1. The molecule has 5 nitrogen and oxygen atoms in total. The third-order valence-electron chi connectivity index (χ3n) is 3.76. The number of aromatic nitrogens is 2. The molecule has 0 aromatic carbocycles. The molecule has 5 heteroatoms. The summed E-state index contributed by atoms with van der Waals surface area (Å²) < 4.78 is 1.72.